The Balaban J connectivity index is 2.13. The molecule has 0 saturated heterocycles. The number of ether oxygens (including phenoxy) is 1. The first-order valence-corrected chi connectivity index (χ1v) is 7.38. The number of methoxy groups -OCH3 is 1. The van der Waals surface area contributed by atoms with Crippen molar-refractivity contribution >= 4 is 18.0 Å². The van der Waals surface area contributed by atoms with Crippen LogP contribution in [-0.4, -0.2) is 43.5 Å². The molecule has 1 atom stereocenters. The number of rotatable bonds is 8. The molecule has 1 aliphatic rings. The van der Waals surface area contributed by atoms with Gasteiger partial charge < -0.3 is 9.64 Å². The summed E-state index contributed by atoms with van der Waals surface area (Å²) in [6.07, 6.45) is 2.76. The molecule has 0 radical (unpaired) electrons. The van der Waals surface area contributed by atoms with Crippen LogP contribution < -0.4 is 10.4 Å². The average molecular weight is 321 g/mol. The summed E-state index contributed by atoms with van der Waals surface area (Å²) in [4.78, 5) is 25.1. The second-order valence-electron chi connectivity index (χ2n) is 5.11. The molecule has 2 rings (SSSR count). The Morgan fingerprint density at radius 2 is 2.09 bits per heavy atom. The van der Waals surface area contributed by atoms with Gasteiger partial charge in [0.05, 0.1) is 24.0 Å². The molecule has 0 fully saturated rings. The van der Waals surface area contributed by atoms with Crippen LogP contribution in [0, 0.1) is 5.82 Å². The number of carbonyl (C=O) groups is 2. The minimum Gasteiger partial charge on any atom is -0.383 e. The van der Waals surface area contributed by atoms with Crippen molar-refractivity contribution in [1.82, 2.24) is 10.3 Å². The van der Waals surface area contributed by atoms with Gasteiger partial charge in [-0.25, -0.2) is 9.40 Å². The molecule has 7 heteroatoms. The number of hydrogen-bond donors (Lipinski definition) is 1. The quantitative estimate of drug-likeness (QED) is 0.581. The minimum atomic E-state index is -0.382. The zero-order valence-corrected chi connectivity index (χ0v) is 13.2. The molecule has 1 aromatic rings. The Morgan fingerprint density at radius 1 is 1.39 bits per heavy atom. The van der Waals surface area contributed by atoms with Crippen LogP contribution in [0.1, 0.15) is 13.3 Å². The molecule has 0 bridgehead atoms. The van der Waals surface area contributed by atoms with Gasteiger partial charge in [0.15, 0.2) is 0 Å². The lowest BCUT2D eigenvalue weighted by atomic mass is 10.2. The van der Waals surface area contributed by atoms with Crippen molar-refractivity contribution < 1.29 is 18.7 Å². The number of halogens is 1. The standard InChI is InChI=1S/C16H20FN3O3/c1-3-15-14(10-16(22)19(15)8-9-23-2)18-20(11-21)13-6-4-12(17)5-7-13/h4-7,10-11,15,18H,3,8-9H2,1-2H3. The lowest BCUT2D eigenvalue weighted by Crippen LogP contribution is -2.44. The fourth-order valence-electron chi connectivity index (χ4n) is 2.53. The normalized spacial score (nSPS) is 17.2. The highest BCUT2D eigenvalue weighted by molar-refractivity contribution is 5.92. The predicted octanol–water partition coefficient (Wildman–Crippen LogP) is 1.44. The topological polar surface area (TPSA) is 61.9 Å². The van der Waals surface area contributed by atoms with E-state index in [1.165, 1.54) is 35.4 Å². The van der Waals surface area contributed by atoms with Crippen LogP contribution in [0.5, 0.6) is 0 Å². The first-order valence-electron chi connectivity index (χ1n) is 7.38. The molecule has 1 aliphatic heterocycles. The monoisotopic (exact) mass is 321 g/mol. The summed E-state index contributed by atoms with van der Waals surface area (Å²) in [6.45, 7) is 2.88. The van der Waals surface area contributed by atoms with E-state index in [1.54, 1.807) is 12.0 Å². The number of anilines is 1. The van der Waals surface area contributed by atoms with E-state index < -0.39 is 0 Å². The lowest BCUT2D eigenvalue weighted by Gasteiger charge is -2.29. The second kappa shape index (κ2) is 7.73. The van der Waals surface area contributed by atoms with Crippen LogP contribution in [0.25, 0.3) is 0 Å². The number of hydrogen-bond acceptors (Lipinski definition) is 4. The van der Waals surface area contributed by atoms with E-state index in [-0.39, 0.29) is 17.8 Å². The maximum atomic E-state index is 13.0. The summed E-state index contributed by atoms with van der Waals surface area (Å²) < 4.78 is 18.0. The van der Waals surface area contributed by atoms with E-state index in [1.807, 2.05) is 6.92 Å². The highest BCUT2D eigenvalue weighted by atomic mass is 19.1. The van der Waals surface area contributed by atoms with Crippen molar-refractivity contribution in [3.8, 4) is 0 Å². The summed E-state index contributed by atoms with van der Waals surface area (Å²) in [5, 5.41) is 1.22. The molecule has 0 aliphatic carbocycles. The number of nitrogens with one attached hydrogen (secondary N) is 1. The van der Waals surface area contributed by atoms with Crippen LogP contribution >= 0.6 is 0 Å². The molecule has 0 aromatic heterocycles. The van der Waals surface area contributed by atoms with Gasteiger partial charge in [-0.15, -0.1) is 0 Å². The van der Waals surface area contributed by atoms with Crippen molar-refractivity contribution in [3.63, 3.8) is 0 Å². The van der Waals surface area contributed by atoms with Crippen LogP contribution in [0.3, 0.4) is 0 Å². The molecule has 23 heavy (non-hydrogen) atoms. The fraction of sp³-hybridized carbons (Fsp3) is 0.375. The van der Waals surface area contributed by atoms with Gasteiger partial charge >= 0.3 is 0 Å². The molecule has 1 aromatic carbocycles. The van der Waals surface area contributed by atoms with E-state index in [9.17, 15) is 14.0 Å². The molecular formula is C16H20FN3O3. The fourth-order valence-corrected chi connectivity index (χ4v) is 2.53. The number of benzene rings is 1. The smallest absolute Gasteiger partial charge is 0.249 e. The van der Waals surface area contributed by atoms with E-state index >= 15 is 0 Å². The van der Waals surface area contributed by atoms with Gasteiger partial charge in [-0.2, -0.15) is 0 Å². The maximum Gasteiger partial charge on any atom is 0.249 e. The number of hydrazine groups is 1. The van der Waals surface area contributed by atoms with Gasteiger partial charge in [-0.1, -0.05) is 6.92 Å². The largest absolute Gasteiger partial charge is 0.383 e. The number of nitrogens with zero attached hydrogens (tertiary/aromatic N) is 2. The summed E-state index contributed by atoms with van der Waals surface area (Å²) >= 11 is 0. The Labute approximate surface area is 134 Å². The summed E-state index contributed by atoms with van der Waals surface area (Å²) in [7, 11) is 1.58. The van der Waals surface area contributed by atoms with Crippen LogP contribution in [0.15, 0.2) is 36.0 Å². The van der Waals surface area contributed by atoms with E-state index in [4.69, 9.17) is 4.74 Å². The minimum absolute atomic E-state index is 0.124. The van der Waals surface area contributed by atoms with E-state index in [0.717, 1.165) is 0 Å². The van der Waals surface area contributed by atoms with Crippen molar-refractivity contribution in [1.29, 1.82) is 0 Å². The van der Waals surface area contributed by atoms with Crippen molar-refractivity contribution in [2.45, 2.75) is 19.4 Å². The SMILES string of the molecule is CCC1C(NN(C=O)c2ccc(F)cc2)=CC(=O)N1CCOC. The number of carbonyl (C=O) groups excluding carboxylic acids is 2. The zero-order valence-electron chi connectivity index (χ0n) is 13.2. The molecule has 2 amide bonds. The number of amides is 2. The van der Waals surface area contributed by atoms with Crippen LogP contribution in [0.2, 0.25) is 0 Å². The molecule has 1 N–H and O–H groups in total. The van der Waals surface area contributed by atoms with Crippen LogP contribution in [0.4, 0.5) is 10.1 Å². The molecule has 0 saturated carbocycles. The first-order chi connectivity index (χ1) is 11.1. The highest BCUT2D eigenvalue weighted by Crippen LogP contribution is 2.22. The Kier molecular flexibility index (Phi) is 5.70. The molecular weight excluding hydrogens is 301 g/mol. The molecule has 0 spiro atoms. The third kappa shape index (κ3) is 3.87. The van der Waals surface area contributed by atoms with Crippen molar-refractivity contribution in [2.24, 2.45) is 0 Å². The van der Waals surface area contributed by atoms with Gasteiger partial charge in [-0.05, 0) is 30.7 Å². The van der Waals surface area contributed by atoms with Gasteiger partial charge in [0.1, 0.15) is 5.82 Å². The maximum absolute atomic E-state index is 13.0. The summed E-state index contributed by atoms with van der Waals surface area (Å²) in [6, 6.07) is 5.35. The predicted molar refractivity (Wildman–Crippen MR) is 83.8 cm³/mol. The Bertz CT molecular complexity index is 589. The highest BCUT2D eigenvalue weighted by Gasteiger charge is 2.32. The van der Waals surface area contributed by atoms with Gasteiger partial charge in [0, 0.05) is 19.7 Å². The summed E-state index contributed by atoms with van der Waals surface area (Å²) in [5.41, 5.74) is 4.06. The molecule has 6 nitrogen and oxygen atoms in total. The average Bonchev–Trinajstić information content (AvgIpc) is 2.86. The lowest BCUT2D eigenvalue weighted by molar-refractivity contribution is -0.126. The molecule has 1 unspecified atom stereocenters. The van der Waals surface area contributed by atoms with Crippen molar-refractivity contribution in [3.05, 3.63) is 41.9 Å². The molecule has 1 heterocycles. The van der Waals surface area contributed by atoms with Crippen molar-refractivity contribution in [2.75, 3.05) is 25.3 Å². The Morgan fingerprint density at radius 3 is 2.65 bits per heavy atom. The first kappa shape index (κ1) is 17.0. The van der Waals surface area contributed by atoms with Gasteiger partial charge in [0.2, 0.25) is 12.3 Å². The third-order valence-corrected chi connectivity index (χ3v) is 3.68. The van der Waals surface area contributed by atoms with Gasteiger partial charge in [-0.3, -0.25) is 15.0 Å². The zero-order chi connectivity index (χ0) is 16.8. The third-order valence-electron chi connectivity index (χ3n) is 3.68. The van der Waals surface area contributed by atoms with Crippen LogP contribution in [-0.2, 0) is 14.3 Å². The van der Waals surface area contributed by atoms with E-state index in [0.29, 0.717) is 37.4 Å². The molecule has 124 valence electrons. The summed E-state index contributed by atoms with van der Waals surface area (Å²) in [5.74, 6) is -0.506. The Hall–Kier alpha value is -2.41. The van der Waals surface area contributed by atoms with E-state index in [2.05, 4.69) is 5.43 Å². The van der Waals surface area contributed by atoms with Gasteiger partial charge in [0.25, 0.3) is 0 Å². The second-order valence-corrected chi connectivity index (χ2v) is 5.11.